The molecule has 7 atom stereocenters. The third kappa shape index (κ3) is 54.2. The van der Waals surface area contributed by atoms with Gasteiger partial charge in [0.15, 0.2) is 6.29 Å². The monoisotopic (exact) mass is 1230 g/mol. The Balaban J connectivity index is 1.92. The van der Waals surface area contributed by atoms with Crippen LogP contribution in [0.25, 0.3) is 0 Å². The van der Waals surface area contributed by atoms with E-state index in [2.05, 4.69) is 43.5 Å². The maximum absolute atomic E-state index is 13.1. The van der Waals surface area contributed by atoms with Gasteiger partial charge in [-0.3, -0.25) is 9.59 Å². The number of allylic oxidation sites excluding steroid dienone is 5. The molecule has 0 saturated carbocycles. The van der Waals surface area contributed by atoms with Gasteiger partial charge < -0.3 is 45.1 Å². The Kier molecular flexibility index (Phi) is 62.3. The molecular formula is C76H143NO10. The maximum atomic E-state index is 13.1. The van der Waals surface area contributed by atoms with Crippen LogP contribution in [-0.2, 0) is 23.8 Å². The molecule has 0 bridgehead atoms. The first-order valence-corrected chi connectivity index (χ1v) is 37.8. The van der Waals surface area contributed by atoms with E-state index in [1.807, 2.05) is 6.08 Å². The molecule has 0 aromatic carbocycles. The van der Waals surface area contributed by atoms with Crippen molar-refractivity contribution in [3.63, 3.8) is 0 Å². The Morgan fingerprint density at radius 1 is 0.414 bits per heavy atom. The highest BCUT2D eigenvalue weighted by Gasteiger charge is 2.44. The van der Waals surface area contributed by atoms with Gasteiger partial charge in [-0.1, -0.05) is 339 Å². The first-order valence-electron chi connectivity index (χ1n) is 37.8. The number of hydrogen-bond acceptors (Lipinski definition) is 10. The lowest BCUT2D eigenvalue weighted by Crippen LogP contribution is -2.60. The van der Waals surface area contributed by atoms with E-state index in [1.54, 1.807) is 6.08 Å². The Morgan fingerprint density at radius 3 is 1.14 bits per heavy atom. The molecule has 1 rings (SSSR count). The van der Waals surface area contributed by atoms with Crippen LogP contribution in [0.1, 0.15) is 373 Å². The van der Waals surface area contributed by atoms with Gasteiger partial charge in [0.2, 0.25) is 5.91 Å². The van der Waals surface area contributed by atoms with E-state index in [1.165, 1.54) is 283 Å². The molecule has 0 aliphatic carbocycles. The summed E-state index contributed by atoms with van der Waals surface area (Å²) in [6.45, 7) is 4.33. The number of carbonyl (C=O) groups excluding carboxylic acids is 2. The summed E-state index contributed by atoms with van der Waals surface area (Å²) in [5.74, 6) is -0.174. The Morgan fingerprint density at radius 2 is 0.747 bits per heavy atom. The molecule has 0 spiro atoms. The molecule has 0 aromatic rings. The summed E-state index contributed by atoms with van der Waals surface area (Å²) in [6.07, 6.45) is 74.5. The van der Waals surface area contributed by atoms with Crippen LogP contribution in [-0.4, -0.2) is 100 Å². The Bertz CT molecular complexity index is 1540. The minimum absolute atomic E-state index is 0.0157. The maximum Gasteiger partial charge on any atom is 0.305 e. The molecule has 1 amide bonds. The quantitative estimate of drug-likeness (QED) is 0.0195. The van der Waals surface area contributed by atoms with E-state index in [4.69, 9.17) is 14.2 Å². The Labute approximate surface area is 536 Å². The number of carbonyl (C=O) groups is 2. The summed E-state index contributed by atoms with van der Waals surface area (Å²) in [5, 5.41) is 54.5. The molecule has 0 radical (unpaired) electrons. The predicted octanol–water partition coefficient (Wildman–Crippen LogP) is 19.7. The summed E-state index contributed by atoms with van der Waals surface area (Å²) in [6, 6.07) is -0.831. The largest absolute Gasteiger partial charge is 0.466 e. The van der Waals surface area contributed by atoms with E-state index >= 15 is 0 Å². The van der Waals surface area contributed by atoms with Crippen molar-refractivity contribution in [3.8, 4) is 0 Å². The van der Waals surface area contributed by atoms with Crippen LogP contribution in [0.4, 0.5) is 0 Å². The lowest BCUT2D eigenvalue weighted by atomic mass is 9.99. The van der Waals surface area contributed by atoms with Crippen molar-refractivity contribution in [2.75, 3.05) is 19.8 Å². The second kappa shape index (κ2) is 65.4. The molecule has 1 aliphatic heterocycles. The van der Waals surface area contributed by atoms with Crippen LogP contribution in [0, 0.1) is 0 Å². The standard InChI is InChI=1S/C76H143NO10/c1-3-5-7-9-11-13-15-39-43-46-50-54-58-62-69(79)68(67-86-76-75(84)74(83)73(82)70(66-78)87-76)77-71(80)63-59-55-51-47-44-40-37-35-33-31-29-27-25-23-21-19-17-16-18-20-22-24-26-28-30-32-34-36-38-41-45-49-53-57-61-65-85-72(81)64-60-56-52-48-42-14-12-10-8-6-4-2/h11,13,43,46,58,62,68-70,73-76,78-79,82-84H,3-10,12,14-42,44-45,47-57,59-61,63-67H2,1-2H3,(H,77,80)/b13-11+,46-43+,62-58+. The smallest absolute Gasteiger partial charge is 0.305 e. The molecule has 11 heteroatoms. The van der Waals surface area contributed by atoms with Crippen molar-refractivity contribution < 1.29 is 49.3 Å². The topological polar surface area (TPSA) is 175 Å². The Hall–Kier alpha value is -2.12. The van der Waals surface area contributed by atoms with E-state index in [0.29, 0.717) is 19.4 Å². The molecule has 7 unspecified atom stereocenters. The number of nitrogens with one attached hydrogen (secondary N) is 1. The third-order valence-corrected chi connectivity index (χ3v) is 18.0. The van der Waals surface area contributed by atoms with Crippen LogP contribution in [0.3, 0.4) is 0 Å². The number of rotatable bonds is 67. The van der Waals surface area contributed by atoms with Crippen LogP contribution in [0.2, 0.25) is 0 Å². The van der Waals surface area contributed by atoms with Crippen molar-refractivity contribution >= 4 is 11.9 Å². The number of ether oxygens (including phenoxy) is 3. The third-order valence-electron chi connectivity index (χ3n) is 18.0. The number of amides is 1. The molecular weight excluding hydrogens is 1090 g/mol. The molecule has 512 valence electrons. The van der Waals surface area contributed by atoms with E-state index in [0.717, 1.165) is 64.2 Å². The van der Waals surface area contributed by atoms with Crippen LogP contribution in [0.5, 0.6) is 0 Å². The van der Waals surface area contributed by atoms with Crippen molar-refractivity contribution in [1.29, 1.82) is 0 Å². The van der Waals surface area contributed by atoms with E-state index in [-0.39, 0.29) is 18.5 Å². The molecule has 1 fully saturated rings. The SMILES string of the molecule is CCCCC/C=C/CC/C=C/CC/C=C/C(O)C(COC1OC(CO)C(O)C(O)C1O)NC(=O)CCCCCCCCCCCCCCCCCCCCCCCCCCCCCCCCCCCCCOC(=O)CCCCCCCCCCCCC. The zero-order valence-electron chi connectivity index (χ0n) is 57.0. The van der Waals surface area contributed by atoms with Gasteiger partial charge in [-0.05, 0) is 57.8 Å². The fraction of sp³-hybridized carbons (Fsp3) is 0.895. The number of aliphatic hydroxyl groups is 5. The fourth-order valence-electron chi connectivity index (χ4n) is 12.1. The first kappa shape index (κ1) is 82.9. The number of hydrogen-bond donors (Lipinski definition) is 6. The summed E-state index contributed by atoms with van der Waals surface area (Å²) in [4.78, 5) is 25.1. The van der Waals surface area contributed by atoms with Gasteiger partial charge in [0.1, 0.15) is 24.4 Å². The minimum Gasteiger partial charge on any atom is -0.466 e. The van der Waals surface area contributed by atoms with E-state index < -0.39 is 49.5 Å². The highest BCUT2D eigenvalue weighted by molar-refractivity contribution is 5.76. The van der Waals surface area contributed by atoms with E-state index in [9.17, 15) is 35.1 Å². The normalized spacial score (nSPS) is 18.0. The average Bonchev–Trinajstić information content (AvgIpc) is 3.11. The first-order chi connectivity index (χ1) is 42.7. The zero-order valence-corrected chi connectivity index (χ0v) is 57.0. The lowest BCUT2D eigenvalue weighted by Gasteiger charge is -2.40. The van der Waals surface area contributed by atoms with Crippen molar-refractivity contribution in [2.45, 2.75) is 416 Å². The van der Waals surface area contributed by atoms with Crippen molar-refractivity contribution in [3.05, 3.63) is 36.5 Å². The van der Waals surface area contributed by atoms with Gasteiger partial charge in [0.05, 0.1) is 32.0 Å². The summed E-state index contributed by atoms with van der Waals surface area (Å²) >= 11 is 0. The zero-order chi connectivity index (χ0) is 63.0. The second-order valence-corrected chi connectivity index (χ2v) is 26.3. The number of aliphatic hydroxyl groups excluding tert-OH is 5. The van der Waals surface area contributed by atoms with Crippen LogP contribution < -0.4 is 5.32 Å². The fourth-order valence-corrected chi connectivity index (χ4v) is 12.1. The molecule has 1 aliphatic rings. The highest BCUT2D eigenvalue weighted by Crippen LogP contribution is 2.24. The molecule has 6 N–H and O–H groups in total. The van der Waals surface area contributed by atoms with Gasteiger partial charge in [-0.2, -0.15) is 0 Å². The van der Waals surface area contributed by atoms with Gasteiger partial charge in [0, 0.05) is 12.8 Å². The number of esters is 1. The molecule has 87 heavy (non-hydrogen) atoms. The average molecular weight is 1230 g/mol. The lowest BCUT2D eigenvalue weighted by molar-refractivity contribution is -0.302. The van der Waals surface area contributed by atoms with Gasteiger partial charge in [0.25, 0.3) is 0 Å². The second-order valence-electron chi connectivity index (χ2n) is 26.3. The van der Waals surface area contributed by atoms with Crippen molar-refractivity contribution in [2.24, 2.45) is 0 Å². The molecule has 0 aromatic heterocycles. The summed E-state index contributed by atoms with van der Waals surface area (Å²) in [7, 11) is 0. The molecule has 1 saturated heterocycles. The number of unbranched alkanes of at least 4 members (excludes halogenated alkanes) is 49. The summed E-state index contributed by atoms with van der Waals surface area (Å²) in [5.41, 5.74) is 0. The molecule has 11 nitrogen and oxygen atoms in total. The van der Waals surface area contributed by atoms with Gasteiger partial charge in [-0.25, -0.2) is 0 Å². The molecule has 1 heterocycles. The van der Waals surface area contributed by atoms with Crippen LogP contribution in [0.15, 0.2) is 36.5 Å². The highest BCUT2D eigenvalue weighted by atomic mass is 16.7. The van der Waals surface area contributed by atoms with Gasteiger partial charge in [-0.15, -0.1) is 0 Å². The summed E-state index contributed by atoms with van der Waals surface area (Å²) < 4.78 is 16.7. The van der Waals surface area contributed by atoms with Gasteiger partial charge >= 0.3 is 5.97 Å². The van der Waals surface area contributed by atoms with Crippen LogP contribution >= 0.6 is 0 Å². The van der Waals surface area contributed by atoms with Crippen molar-refractivity contribution in [1.82, 2.24) is 5.32 Å². The predicted molar refractivity (Wildman–Crippen MR) is 366 cm³/mol. The minimum atomic E-state index is -1.58.